The van der Waals surface area contributed by atoms with Crippen molar-refractivity contribution in [3.63, 3.8) is 0 Å². The molecule has 2 rings (SSSR count). The second kappa shape index (κ2) is 4.57. The lowest BCUT2D eigenvalue weighted by atomic mass is 9.97. The van der Waals surface area contributed by atoms with Gasteiger partial charge in [-0.2, -0.15) is 0 Å². The second-order valence-corrected chi connectivity index (χ2v) is 5.19. The molecule has 2 unspecified atom stereocenters. The number of nitrogens with one attached hydrogen (secondary N) is 1. The summed E-state index contributed by atoms with van der Waals surface area (Å²) in [6.45, 7) is 5.71. The van der Waals surface area contributed by atoms with Crippen LogP contribution in [0.2, 0.25) is 0 Å². The highest BCUT2D eigenvalue weighted by Crippen LogP contribution is 2.33. The number of rotatable bonds is 3. The third kappa shape index (κ3) is 2.20. The predicted octanol–water partition coefficient (Wildman–Crippen LogP) is 1.30. The maximum atomic E-state index is 5.64. The molecule has 3 N–H and O–H groups in total. The molecule has 1 aliphatic heterocycles. The van der Waals surface area contributed by atoms with Gasteiger partial charge in [-0.15, -0.1) is 11.3 Å². The van der Waals surface area contributed by atoms with Gasteiger partial charge in [0.1, 0.15) is 0 Å². The Kier molecular flexibility index (Phi) is 3.35. The summed E-state index contributed by atoms with van der Waals surface area (Å²) in [4.78, 5) is 5.69. The van der Waals surface area contributed by atoms with E-state index in [4.69, 9.17) is 10.6 Å². The number of thiazole rings is 1. The van der Waals surface area contributed by atoms with E-state index in [2.05, 4.69) is 10.4 Å². The van der Waals surface area contributed by atoms with E-state index < -0.39 is 0 Å². The van der Waals surface area contributed by atoms with Crippen LogP contribution in [0.15, 0.2) is 0 Å². The van der Waals surface area contributed by atoms with Crippen molar-refractivity contribution in [3.05, 3.63) is 15.6 Å². The van der Waals surface area contributed by atoms with Crippen LogP contribution in [0.25, 0.3) is 0 Å². The van der Waals surface area contributed by atoms with Gasteiger partial charge in [0.05, 0.1) is 23.4 Å². The van der Waals surface area contributed by atoms with Crippen LogP contribution in [0.3, 0.4) is 0 Å². The van der Waals surface area contributed by atoms with Crippen LogP contribution in [0.5, 0.6) is 0 Å². The molecule has 5 heteroatoms. The lowest BCUT2D eigenvalue weighted by molar-refractivity contribution is 0.177. The van der Waals surface area contributed by atoms with Crippen LogP contribution in [0.4, 0.5) is 0 Å². The fourth-order valence-corrected chi connectivity index (χ4v) is 3.16. The Labute approximate surface area is 93.8 Å². The largest absolute Gasteiger partial charge is 0.381 e. The molecule has 1 saturated heterocycles. The molecule has 1 fully saturated rings. The summed E-state index contributed by atoms with van der Waals surface area (Å²) < 4.78 is 5.40. The van der Waals surface area contributed by atoms with E-state index in [0.29, 0.717) is 5.92 Å². The van der Waals surface area contributed by atoms with Crippen LogP contribution < -0.4 is 11.3 Å². The zero-order valence-corrected chi connectivity index (χ0v) is 9.93. The molecule has 0 aliphatic carbocycles. The minimum Gasteiger partial charge on any atom is -0.381 e. The molecule has 2 atom stereocenters. The molecular weight excluding hydrogens is 210 g/mol. The number of hydrazine groups is 1. The third-order valence-corrected chi connectivity index (χ3v) is 3.99. The predicted molar refractivity (Wildman–Crippen MR) is 60.6 cm³/mol. The summed E-state index contributed by atoms with van der Waals surface area (Å²) in [5.74, 6) is 6.12. The number of aromatic nitrogens is 1. The molecule has 0 aromatic carbocycles. The zero-order valence-electron chi connectivity index (χ0n) is 9.12. The molecule has 0 spiro atoms. The minimum absolute atomic E-state index is 0.193. The molecule has 84 valence electrons. The fraction of sp³-hybridized carbons (Fsp3) is 0.700. The monoisotopic (exact) mass is 227 g/mol. The highest BCUT2D eigenvalue weighted by atomic mass is 32.1. The van der Waals surface area contributed by atoms with Crippen LogP contribution in [0, 0.1) is 19.8 Å². The van der Waals surface area contributed by atoms with E-state index >= 15 is 0 Å². The minimum atomic E-state index is 0.193. The van der Waals surface area contributed by atoms with E-state index in [1.54, 1.807) is 11.3 Å². The van der Waals surface area contributed by atoms with Gasteiger partial charge < -0.3 is 4.74 Å². The SMILES string of the molecule is Cc1nc(C)c(C(NN)C2CCOC2)s1. The van der Waals surface area contributed by atoms with E-state index in [9.17, 15) is 0 Å². The number of ether oxygens (including phenoxy) is 1. The molecule has 1 aliphatic rings. The maximum Gasteiger partial charge on any atom is 0.0900 e. The standard InChI is InChI=1S/C10H17N3OS/c1-6-10(15-7(2)12-6)9(13-11)8-3-4-14-5-8/h8-9,13H,3-5,11H2,1-2H3. The number of nitrogens with two attached hydrogens (primary N) is 1. The van der Waals surface area contributed by atoms with Crippen molar-refractivity contribution in [2.75, 3.05) is 13.2 Å². The molecule has 0 saturated carbocycles. The molecule has 15 heavy (non-hydrogen) atoms. The Morgan fingerprint density at radius 2 is 2.40 bits per heavy atom. The van der Waals surface area contributed by atoms with Crippen molar-refractivity contribution in [2.24, 2.45) is 11.8 Å². The summed E-state index contributed by atoms with van der Waals surface area (Å²) in [6, 6.07) is 0.193. The molecule has 0 radical (unpaired) electrons. The second-order valence-electron chi connectivity index (χ2n) is 3.95. The van der Waals surface area contributed by atoms with Gasteiger partial charge in [-0.25, -0.2) is 4.98 Å². The molecular formula is C10H17N3OS. The first-order valence-corrected chi connectivity index (χ1v) is 6.02. The highest BCUT2D eigenvalue weighted by Gasteiger charge is 2.28. The average molecular weight is 227 g/mol. The van der Waals surface area contributed by atoms with Gasteiger partial charge in [0, 0.05) is 17.4 Å². The van der Waals surface area contributed by atoms with E-state index in [0.717, 1.165) is 30.3 Å². The topological polar surface area (TPSA) is 60.2 Å². The third-order valence-electron chi connectivity index (χ3n) is 2.84. The fourth-order valence-electron chi connectivity index (χ4n) is 2.08. The Balaban J connectivity index is 2.21. The van der Waals surface area contributed by atoms with Gasteiger partial charge in [-0.05, 0) is 20.3 Å². The van der Waals surface area contributed by atoms with Crippen molar-refractivity contribution in [3.8, 4) is 0 Å². The molecule has 1 aromatic heterocycles. The van der Waals surface area contributed by atoms with E-state index in [1.165, 1.54) is 4.88 Å². The van der Waals surface area contributed by atoms with Crippen LogP contribution in [0.1, 0.15) is 28.0 Å². The quantitative estimate of drug-likeness (QED) is 0.603. The summed E-state index contributed by atoms with van der Waals surface area (Å²) in [5, 5.41) is 1.10. The lowest BCUT2D eigenvalue weighted by Crippen LogP contribution is -2.33. The van der Waals surface area contributed by atoms with Gasteiger partial charge in [-0.1, -0.05) is 0 Å². The smallest absolute Gasteiger partial charge is 0.0900 e. The van der Waals surface area contributed by atoms with Crippen LogP contribution >= 0.6 is 11.3 Å². The van der Waals surface area contributed by atoms with Gasteiger partial charge >= 0.3 is 0 Å². The first-order valence-electron chi connectivity index (χ1n) is 5.20. The van der Waals surface area contributed by atoms with Gasteiger partial charge in [0.15, 0.2) is 0 Å². The van der Waals surface area contributed by atoms with Gasteiger partial charge in [0.2, 0.25) is 0 Å². The number of hydrogen-bond donors (Lipinski definition) is 2. The van der Waals surface area contributed by atoms with E-state index in [-0.39, 0.29) is 6.04 Å². The molecule has 4 nitrogen and oxygen atoms in total. The van der Waals surface area contributed by atoms with Gasteiger partial charge in [0.25, 0.3) is 0 Å². The first-order chi connectivity index (χ1) is 7.22. The highest BCUT2D eigenvalue weighted by molar-refractivity contribution is 7.11. The summed E-state index contributed by atoms with van der Waals surface area (Å²) in [6.07, 6.45) is 1.07. The Morgan fingerprint density at radius 3 is 2.87 bits per heavy atom. The molecule has 2 heterocycles. The average Bonchev–Trinajstić information content (AvgIpc) is 2.79. The Hall–Kier alpha value is -0.490. The van der Waals surface area contributed by atoms with Crippen molar-refractivity contribution in [2.45, 2.75) is 26.3 Å². The van der Waals surface area contributed by atoms with Crippen LogP contribution in [-0.4, -0.2) is 18.2 Å². The van der Waals surface area contributed by atoms with Gasteiger partial charge in [-0.3, -0.25) is 11.3 Å². The van der Waals surface area contributed by atoms with Crippen LogP contribution in [-0.2, 0) is 4.74 Å². The molecule has 0 amide bonds. The number of aryl methyl sites for hydroxylation is 2. The maximum absolute atomic E-state index is 5.64. The van der Waals surface area contributed by atoms with E-state index in [1.807, 2.05) is 13.8 Å². The first kappa shape index (κ1) is 11.0. The zero-order chi connectivity index (χ0) is 10.8. The number of nitrogens with zero attached hydrogens (tertiary/aromatic N) is 1. The van der Waals surface area contributed by atoms with Crippen molar-refractivity contribution in [1.29, 1.82) is 0 Å². The van der Waals surface area contributed by atoms with Crippen molar-refractivity contribution in [1.82, 2.24) is 10.4 Å². The number of hydrogen-bond acceptors (Lipinski definition) is 5. The molecule has 1 aromatic rings. The summed E-state index contributed by atoms with van der Waals surface area (Å²) in [7, 11) is 0. The Bertz CT molecular complexity index is 333. The lowest BCUT2D eigenvalue weighted by Gasteiger charge is -2.20. The summed E-state index contributed by atoms with van der Waals surface area (Å²) >= 11 is 1.72. The van der Waals surface area contributed by atoms with Crippen molar-refractivity contribution >= 4 is 11.3 Å². The molecule has 0 bridgehead atoms. The Morgan fingerprint density at radius 1 is 1.60 bits per heavy atom. The summed E-state index contributed by atoms with van der Waals surface area (Å²) in [5.41, 5.74) is 4.00. The normalized spacial score (nSPS) is 23.3. The van der Waals surface area contributed by atoms with Crippen molar-refractivity contribution < 1.29 is 4.74 Å².